The van der Waals surface area contributed by atoms with Crippen molar-refractivity contribution in [1.82, 2.24) is 10.2 Å². The predicted octanol–water partition coefficient (Wildman–Crippen LogP) is 4.96. The summed E-state index contributed by atoms with van der Waals surface area (Å²) in [6.45, 7) is 20.1. The monoisotopic (exact) mass is 572 g/mol. The number of likely N-dealkylation sites (tertiary alicyclic amines) is 1. The number of hydrogen-bond donors (Lipinski definition) is 3. The van der Waals surface area contributed by atoms with Crippen LogP contribution in [0.4, 0.5) is 5.69 Å². The third-order valence-corrected chi connectivity index (χ3v) is 6.52. The van der Waals surface area contributed by atoms with Crippen molar-refractivity contribution < 1.29 is 19.8 Å². The van der Waals surface area contributed by atoms with E-state index in [-0.39, 0.29) is 6.29 Å². The van der Waals surface area contributed by atoms with Crippen molar-refractivity contribution in [3.63, 3.8) is 0 Å². The first-order valence-electron chi connectivity index (χ1n) is 14.9. The van der Waals surface area contributed by atoms with Gasteiger partial charge in [-0.3, -0.25) is 4.79 Å². The number of aliphatic hydroxyl groups is 2. The van der Waals surface area contributed by atoms with Gasteiger partial charge in [-0.1, -0.05) is 58.1 Å². The Morgan fingerprint density at radius 2 is 1.78 bits per heavy atom. The molecule has 1 amide bonds. The molecule has 1 unspecified atom stereocenters. The Hall–Kier alpha value is -2.99. The van der Waals surface area contributed by atoms with Gasteiger partial charge in [-0.25, -0.2) is 0 Å². The molecule has 232 valence electrons. The molecule has 1 aromatic rings. The van der Waals surface area contributed by atoms with Crippen LogP contribution in [0.1, 0.15) is 72.8 Å². The summed E-state index contributed by atoms with van der Waals surface area (Å²) in [4.78, 5) is 25.2. The zero-order chi connectivity index (χ0) is 31.6. The van der Waals surface area contributed by atoms with Crippen LogP contribution in [-0.2, 0) is 9.59 Å². The van der Waals surface area contributed by atoms with Crippen molar-refractivity contribution in [3.05, 3.63) is 54.6 Å². The lowest BCUT2D eigenvalue weighted by Crippen LogP contribution is -2.44. The zero-order valence-corrected chi connectivity index (χ0v) is 26.6. The first-order chi connectivity index (χ1) is 19.7. The molecule has 2 fully saturated rings. The lowest BCUT2D eigenvalue weighted by molar-refractivity contribution is -0.147. The van der Waals surface area contributed by atoms with Crippen LogP contribution in [0, 0.1) is 23.2 Å². The number of hydrogen-bond acceptors (Lipinski definition) is 7. The van der Waals surface area contributed by atoms with Crippen LogP contribution in [0.5, 0.6) is 0 Å². The molecule has 3 N–H and O–H groups in total. The number of carbonyl (C=O) groups excluding carboxylic acids is 2. The van der Waals surface area contributed by atoms with Crippen LogP contribution >= 0.6 is 0 Å². The largest absolute Gasteiger partial charge is 0.382 e. The summed E-state index contributed by atoms with van der Waals surface area (Å²) >= 11 is 0. The van der Waals surface area contributed by atoms with E-state index in [4.69, 9.17) is 10.4 Å². The molecule has 2 saturated heterocycles. The van der Waals surface area contributed by atoms with Crippen LogP contribution in [0.3, 0.4) is 0 Å². The van der Waals surface area contributed by atoms with Crippen molar-refractivity contribution in [3.8, 4) is 6.07 Å². The number of rotatable bonds is 7. The molecule has 4 atom stereocenters. The summed E-state index contributed by atoms with van der Waals surface area (Å²) < 4.78 is 0. The highest BCUT2D eigenvalue weighted by Gasteiger charge is 2.29. The van der Waals surface area contributed by atoms with Crippen LogP contribution in [0.15, 0.2) is 49.1 Å². The average molecular weight is 573 g/mol. The smallest absolute Gasteiger partial charge is 0.254 e. The highest BCUT2D eigenvalue weighted by atomic mass is 16.3. The van der Waals surface area contributed by atoms with Gasteiger partial charge in [0.05, 0.1) is 11.3 Å². The Morgan fingerprint density at radius 1 is 1.20 bits per heavy atom. The van der Waals surface area contributed by atoms with E-state index in [2.05, 4.69) is 54.9 Å². The van der Waals surface area contributed by atoms with Gasteiger partial charge in [0.15, 0.2) is 12.4 Å². The molecule has 0 aromatic heterocycles. The molecule has 2 heterocycles. The summed E-state index contributed by atoms with van der Waals surface area (Å²) in [6, 6.07) is 10.2. The van der Waals surface area contributed by atoms with E-state index in [0.29, 0.717) is 19.0 Å². The first kappa shape index (κ1) is 40.2. The number of nitrogens with zero attached hydrogens (tertiary/aromatic N) is 3. The lowest BCUT2D eigenvalue weighted by Gasteiger charge is -2.38. The van der Waals surface area contributed by atoms with Crippen molar-refractivity contribution in [1.29, 1.82) is 5.26 Å². The molecule has 0 bridgehead atoms. The number of amides is 1. The minimum absolute atomic E-state index is 0.165. The second-order valence-electron chi connectivity index (χ2n) is 9.65. The minimum atomic E-state index is -1.60. The molecule has 3 rings (SSSR count). The topological polar surface area (TPSA) is 117 Å². The van der Waals surface area contributed by atoms with Gasteiger partial charge in [0.1, 0.15) is 12.2 Å². The molecule has 0 spiro atoms. The van der Waals surface area contributed by atoms with E-state index in [1.165, 1.54) is 11.3 Å². The molecule has 0 aliphatic carbocycles. The molecule has 2 aliphatic rings. The Balaban J connectivity index is 0. The summed E-state index contributed by atoms with van der Waals surface area (Å²) in [5.41, 5.74) is 1.88. The number of carbonyl (C=O) groups is 2. The Kier molecular flexibility index (Phi) is 25.4. The third kappa shape index (κ3) is 16.1. The number of aldehydes is 1. The maximum Gasteiger partial charge on any atom is 0.254 e. The van der Waals surface area contributed by atoms with Gasteiger partial charge in [0.25, 0.3) is 5.91 Å². The molecule has 8 nitrogen and oxygen atoms in total. The fraction of sp³-hybridized carbons (Fsp3) is 0.606. The van der Waals surface area contributed by atoms with E-state index in [1.54, 1.807) is 6.08 Å². The lowest BCUT2D eigenvalue weighted by atomic mass is 9.86. The summed E-state index contributed by atoms with van der Waals surface area (Å²) in [5, 5.41) is 30.5. The predicted molar refractivity (Wildman–Crippen MR) is 171 cm³/mol. The van der Waals surface area contributed by atoms with Crippen molar-refractivity contribution in [2.45, 2.75) is 79.4 Å². The third-order valence-electron chi connectivity index (χ3n) is 6.52. The van der Waals surface area contributed by atoms with E-state index in [9.17, 15) is 14.7 Å². The van der Waals surface area contributed by atoms with E-state index >= 15 is 0 Å². The number of benzene rings is 1. The Morgan fingerprint density at radius 3 is 2.22 bits per heavy atom. The number of nitriles is 1. The highest BCUT2D eigenvalue weighted by molar-refractivity contribution is 5.84. The van der Waals surface area contributed by atoms with Gasteiger partial charge in [-0.05, 0) is 77.1 Å². The normalized spacial score (nSPS) is 18.8. The highest BCUT2D eigenvalue weighted by Crippen LogP contribution is 2.28. The average Bonchev–Trinajstić information content (AvgIpc) is 3.55. The second-order valence-corrected chi connectivity index (χ2v) is 9.65. The van der Waals surface area contributed by atoms with Gasteiger partial charge in [-0.2, -0.15) is 5.26 Å². The van der Waals surface area contributed by atoms with Crippen molar-refractivity contribution in [2.24, 2.45) is 11.8 Å². The summed E-state index contributed by atoms with van der Waals surface area (Å²) in [5.74, 6) is 0.857. The van der Waals surface area contributed by atoms with Crippen molar-refractivity contribution >= 4 is 17.9 Å². The van der Waals surface area contributed by atoms with Gasteiger partial charge in [0, 0.05) is 26.2 Å². The summed E-state index contributed by atoms with van der Waals surface area (Å²) in [6.07, 6.45) is 7.08. The van der Waals surface area contributed by atoms with Crippen LogP contribution in [-0.4, -0.2) is 79.3 Å². The number of allylic oxidation sites excluding steroid dienone is 3. The zero-order valence-electron chi connectivity index (χ0n) is 26.6. The number of nitrogens with one attached hydrogen (secondary N) is 1. The van der Waals surface area contributed by atoms with Gasteiger partial charge < -0.3 is 30.1 Å². The molecule has 8 heteroatoms. The minimum Gasteiger partial charge on any atom is -0.382 e. The first-order valence-corrected chi connectivity index (χ1v) is 14.9. The maximum absolute atomic E-state index is 11.3. The molecule has 0 saturated carbocycles. The molecular formula is C33H56N4O4. The summed E-state index contributed by atoms with van der Waals surface area (Å²) in [7, 11) is 2.02. The SMILES string of the molecule is C/C=C\CC.C=CC.CC.CNCC1CCN(c2ccccc2C#N)C[C@H]1C.O=C[C@H](O)[C@@H](O)C(=O)N1CCCC1. The molecular weight excluding hydrogens is 516 g/mol. The standard InChI is InChI=1S/C15H21N3.C8H13NO4.C5H10.C3H6.C2H6/c1-12-11-18(8-7-14(12)10-17-2)15-6-4-3-5-13(15)9-16;10-5-6(11)7(12)8(13)9-3-1-2-4-9;1-3-5-4-2;1-3-2;1-2/h3-6,12,14,17H,7-8,10-11H2,1-2H3;5-7,11-12H,1-4H2;3,5H,4H2,1-2H3;3H,1H2,2H3;1-2H3/b;;5-3-;;/t12-,14?;6-,7+;;;/m10.../s1. The Labute approximate surface area is 249 Å². The molecule has 2 aliphatic heterocycles. The Bertz CT molecular complexity index is 893. The van der Waals surface area contributed by atoms with E-state index in [0.717, 1.165) is 56.1 Å². The number of aliphatic hydroxyl groups excluding tert-OH is 2. The second kappa shape index (κ2) is 25.9. The maximum atomic E-state index is 11.3. The number of piperidine rings is 1. The van der Waals surface area contributed by atoms with E-state index < -0.39 is 18.1 Å². The van der Waals surface area contributed by atoms with Crippen LogP contribution in [0.25, 0.3) is 0 Å². The van der Waals surface area contributed by atoms with Crippen LogP contribution < -0.4 is 10.2 Å². The van der Waals surface area contributed by atoms with E-state index in [1.807, 2.05) is 52.9 Å². The fourth-order valence-electron chi connectivity index (χ4n) is 4.40. The number of para-hydroxylation sites is 1. The molecule has 1 aromatic carbocycles. The number of anilines is 1. The quantitative estimate of drug-likeness (QED) is 0.312. The van der Waals surface area contributed by atoms with Crippen molar-refractivity contribution in [2.75, 3.05) is 44.7 Å². The fourth-order valence-corrected chi connectivity index (χ4v) is 4.40. The molecule has 41 heavy (non-hydrogen) atoms. The van der Waals surface area contributed by atoms with Crippen LogP contribution in [0.2, 0.25) is 0 Å². The molecule has 0 radical (unpaired) electrons. The van der Waals surface area contributed by atoms with Gasteiger partial charge >= 0.3 is 0 Å². The van der Waals surface area contributed by atoms with Gasteiger partial charge in [-0.15, -0.1) is 6.58 Å². The van der Waals surface area contributed by atoms with Gasteiger partial charge in [0.2, 0.25) is 0 Å².